The molecule has 0 saturated carbocycles. The summed E-state index contributed by atoms with van der Waals surface area (Å²) < 4.78 is 0. The van der Waals surface area contributed by atoms with E-state index in [0.29, 0.717) is 11.5 Å². The summed E-state index contributed by atoms with van der Waals surface area (Å²) >= 11 is 0. The summed E-state index contributed by atoms with van der Waals surface area (Å²) in [4.78, 5) is 2.73. The van der Waals surface area contributed by atoms with Gasteiger partial charge in [-0.3, -0.25) is 10.7 Å². The highest BCUT2D eigenvalue weighted by Gasteiger charge is 1.86. The van der Waals surface area contributed by atoms with E-state index in [4.69, 9.17) is 11.5 Å². The number of nitrogens with one attached hydrogen (secondary N) is 1. The zero-order valence-electron chi connectivity index (χ0n) is 5.23. The highest BCUT2D eigenvalue weighted by molar-refractivity contribution is 5.86. The van der Waals surface area contributed by atoms with Crippen LogP contribution < -0.4 is 16.5 Å². The van der Waals surface area contributed by atoms with E-state index in [-0.39, 0.29) is 0 Å². The normalized spacial score (nSPS) is 14.2. The molecule has 8 heavy (non-hydrogen) atoms. The SMILES string of the molecule is C[NH+]=C(N)C=C(C)N. The summed E-state index contributed by atoms with van der Waals surface area (Å²) in [6.07, 6.45) is 1.67. The molecule has 46 valence electrons. The molecule has 0 heterocycles. The summed E-state index contributed by atoms with van der Waals surface area (Å²) in [5.74, 6) is 0.588. The first-order valence-electron chi connectivity index (χ1n) is 2.40. The van der Waals surface area contributed by atoms with Gasteiger partial charge in [-0.25, -0.2) is 0 Å². The lowest BCUT2D eigenvalue weighted by Gasteiger charge is -1.83. The Bertz CT molecular complexity index is 120. The van der Waals surface area contributed by atoms with E-state index in [1.807, 2.05) is 0 Å². The van der Waals surface area contributed by atoms with Gasteiger partial charge in [0.2, 0.25) is 0 Å². The average Bonchev–Trinajstić information content (AvgIpc) is 1.65. The van der Waals surface area contributed by atoms with Crippen LogP contribution in [-0.4, -0.2) is 12.9 Å². The Morgan fingerprint density at radius 1 is 1.50 bits per heavy atom. The second-order valence-electron chi connectivity index (χ2n) is 1.59. The molecule has 0 unspecified atom stereocenters. The predicted molar refractivity (Wildman–Crippen MR) is 34.0 cm³/mol. The Balaban J connectivity index is 3.89. The molecule has 0 aliphatic heterocycles. The molecule has 5 N–H and O–H groups in total. The van der Waals surface area contributed by atoms with Gasteiger partial charge >= 0.3 is 0 Å². The number of amidine groups is 1. The highest BCUT2D eigenvalue weighted by atomic mass is 14.8. The van der Waals surface area contributed by atoms with Crippen molar-refractivity contribution in [3.8, 4) is 0 Å². The lowest BCUT2D eigenvalue weighted by Crippen LogP contribution is -2.70. The van der Waals surface area contributed by atoms with Crippen LogP contribution in [0.4, 0.5) is 0 Å². The molecule has 3 heteroatoms. The second kappa shape index (κ2) is 3.07. The van der Waals surface area contributed by atoms with Crippen molar-refractivity contribution >= 4 is 5.84 Å². The monoisotopic (exact) mass is 114 g/mol. The van der Waals surface area contributed by atoms with Gasteiger partial charge in [0.15, 0.2) is 0 Å². The van der Waals surface area contributed by atoms with Crippen LogP contribution >= 0.6 is 0 Å². The van der Waals surface area contributed by atoms with Gasteiger partial charge in [-0.15, -0.1) is 0 Å². The van der Waals surface area contributed by atoms with Crippen molar-refractivity contribution < 1.29 is 4.99 Å². The molecular formula is C5H12N3+. The Labute approximate surface area is 49.1 Å². The first-order chi connectivity index (χ1) is 3.66. The number of hydrogen-bond donors (Lipinski definition) is 3. The lowest BCUT2D eigenvalue weighted by atomic mass is 10.4. The molecule has 0 radical (unpaired) electrons. The van der Waals surface area contributed by atoms with Gasteiger partial charge in [-0.1, -0.05) is 0 Å². The van der Waals surface area contributed by atoms with E-state index in [1.54, 1.807) is 20.0 Å². The minimum absolute atomic E-state index is 0.588. The van der Waals surface area contributed by atoms with Crippen molar-refractivity contribution in [1.29, 1.82) is 0 Å². The molecule has 0 rings (SSSR count). The molecule has 0 amide bonds. The first-order valence-corrected chi connectivity index (χ1v) is 2.40. The maximum Gasteiger partial charge on any atom is 0.266 e. The Morgan fingerprint density at radius 2 is 2.00 bits per heavy atom. The maximum absolute atomic E-state index is 5.32. The molecule has 0 aromatic heterocycles. The van der Waals surface area contributed by atoms with Crippen LogP contribution in [0.15, 0.2) is 11.8 Å². The fourth-order valence-corrected chi connectivity index (χ4v) is 0.317. The standard InChI is InChI=1S/C5H11N3/c1-4(6)3-5(7)8-2/h3H,6H2,1-2H3,(H2,7,8)/p+1. The Kier molecular flexibility index (Phi) is 2.69. The zero-order chi connectivity index (χ0) is 6.57. The van der Waals surface area contributed by atoms with Crippen LogP contribution in [0.3, 0.4) is 0 Å². The first kappa shape index (κ1) is 7.01. The minimum atomic E-state index is 0.588. The summed E-state index contributed by atoms with van der Waals surface area (Å²) in [6.45, 7) is 1.78. The number of nitrogens with two attached hydrogens (primary N) is 2. The van der Waals surface area contributed by atoms with Gasteiger partial charge in [0.05, 0.1) is 7.05 Å². The van der Waals surface area contributed by atoms with Crippen LogP contribution in [0.5, 0.6) is 0 Å². The van der Waals surface area contributed by atoms with E-state index in [0.717, 1.165) is 0 Å². The molecule has 0 saturated heterocycles. The molecule has 0 aliphatic rings. The summed E-state index contributed by atoms with van der Waals surface area (Å²) in [7, 11) is 1.74. The third-order valence-corrected chi connectivity index (χ3v) is 0.672. The smallest absolute Gasteiger partial charge is 0.266 e. The van der Waals surface area contributed by atoms with Gasteiger partial charge in [0, 0.05) is 11.8 Å². The molecular weight excluding hydrogens is 102 g/mol. The van der Waals surface area contributed by atoms with Gasteiger partial charge < -0.3 is 5.73 Å². The Morgan fingerprint density at radius 3 is 2.12 bits per heavy atom. The summed E-state index contributed by atoms with van der Waals surface area (Å²) in [5.41, 5.74) is 11.3. The van der Waals surface area contributed by atoms with E-state index in [1.165, 1.54) is 0 Å². The van der Waals surface area contributed by atoms with Crippen LogP contribution in [0.2, 0.25) is 0 Å². The van der Waals surface area contributed by atoms with E-state index in [9.17, 15) is 0 Å². The van der Waals surface area contributed by atoms with Gasteiger partial charge in [-0.2, -0.15) is 0 Å². The maximum atomic E-state index is 5.32. The van der Waals surface area contributed by atoms with Crippen LogP contribution in [0, 0.1) is 0 Å². The molecule has 0 bridgehead atoms. The molecule has 0 fully saturated rings. The van der Waals surface area contributed by atoms with Crippen LogP contribution in [0.25, 0.3) is 0 Å². The lowest BCUT2D eigenvalue weighted by molar-refractivity contribution is -0.419. The van der Waals surface area contributed by atoms with Crippen molar-refractivity contribution in [3.63, 3.8) is 0 Å². The average molecular weight is 114 g/mol. The van der Waals surface area contributed by atoms with Gasteiger partial charge in [-0.05, 0) is 6.92 Å². The Hall–Kier alpha value is -0.990. The van der Waals surface area contributed by atoms with E-state index >= 15 is 0 Å². The van der Waals surface area contributed by atoms with Crippen molar-refractivity contribution in [1.82, 2.24) is 0 Å². The second-order valence-corrected chi connectivity index (χ2v) is 1.59. The predicted octanol–water partition coefficient (Wildman–Crippen LogP) is -2.08. The molecule has 0 spiro atoms. The van der Waals surface area contributed by atoms with E-state index in [2.05, 4.69) is 4.99 Å². The summed E-state index contributed by atoms with van der Waals surface area (Å²) in [6, 6.07) is 0. The molecule has 0 aromatic rings. The van der Waals surface area contributed by atoms with Crippen molar-refractivity contribution in [2.24, 2.45) is 11.5 Å². The van der Waals surface area contributed by atoms with Crippen molar-refractivity contribution in [3.05, 3.63) is 11.8 Å². The quantitative estimate of drug-likeness (QED) is 0.270. The van der Waals surface area contributed by atoms with Crippen LogP contribution in [-0.2, 0) is 0 Å². The fraction of sp³-hybridized carbons (Fsp3) is 0.400. The molecule has 3 nitrogen and oxygen atoms in total. The van der Waals surface area contributed by atoms with Gasteiger partial charge in [0.1, 0.15) is 0 Å². The number of rotatable bonds is 1. The highest BCUT2D eigenvalue weighted by Crippen LogP contribution is 1.72. The fourth-order valence-electron chi connectivity index (χ4n) is 0.317. The summed E-state index contributed by atoms with van der Waals surface area (Å²) in [5, 5.41) is 0. The van der Waals surface area contributed by atoms with E-state index < -0.39 is 0 Å². The number of hydrogen-bond acceptors (Lipinski definition) is 1. The third-order valence-electron chi connectivity index (χ3n) is 0.672. The molecule has 0 atom stereocenters. The molecule has 0 aromatic carbocycles. The van der Waals surface area contributed by atoms with Crippen LogP contribution in [0.1, 0.15) is 6.92 Å². The van der Waals surface area contributed by atoms with Gasteiger partial charge in [0.25, 0.3) is 5.84 Å². The number of allylic oxidation sites excluding steroid dienone is 1. The zero-order valence-corrected chi connectivity index (χ0v) is 5.23. The largest absolute Gasteiger partial charge is 0.402 e. The van der Waals surface area contributed by atoms with Crippen molar-refractivity contribution in [2.45, 2.75) is 6.92 Å². The minimum Gasteiger partial charge on any atom is -0.402 e. The topological polar surface area (TPSA) is 66.0 Å². The molecule has 0 aliphatic carbocycles. The van der Waals surface area contributed by atoms with Crippen molar-refractivity contribution in [2.75, 3.05) is 7.05 Å². The third kappa shape index (κ3) is 3.21.